The van der Waals surface area contributed by atoms with Crippen molar-refractivity contribution in [3.05, 3.63) is 54.1 Å². The number of aromatic hydroxyl groups is 1. The summed E-state index contributed by atoms with van der Waals surface area (Å²) in [6.07, 6.45) is 1.67. The molecule has 0 radical (unpaired) electrons. The highest BCUT2D eigenvalue weighted by molar-refractivity contribution is 5.85. The molecule has 0 aliphatic carbocycles. The zero-order valence-electron chi connectivity index (χ0n) is 15.4. The van der Waals surface area contributed by atoms with E-state index in [0.29, 0.717) is 45.2 Å². The van der Waals surface area contributed by atoms with E-state index >= 15 is 0 Å². The van der Waals surface area contributed by atoms with Gasteiger partial charge < -0.3 is 24.2 Å². The molecule has 6 heteroatoms. The Hall–Kier alpha value is -2.41. The Kier molecular flexibility index (Phi) is 7.65. The molecule has 1 aliphatic rings. The Morgan fingerprint density at radius 2 is 1.37 bits per heavy atom. The smallest absolute Gasteiger partial charge is 0.124 e. The van der Waals surface area contributed by atoms with Crippen LogP contribution in [0.25, 0.3) is 0 Å². The highest BCUT2D eigenvalue weighted by Gasteiger charge is 2.08. The van der Waals surface area contributed by atoms with Crippen molar-refractivity contribution in [3.63, 3.8) is 0 Å². The molecule has 3 rings (SSSR count). The molecule has 1 saturated heterocycles. The summed E-state index contributed by atoms with van der Waals surface area (Å²) in [5.41, 5.74) is 2.64. The number of para-hydroxylation sites is 1. The second kappa shape index (κ2) is 10.7. The van der Waals surface area contributed by atoms with Gasteiger partial charge in [0.05, 0.1) is 45.3 Å². The molecule has 2 aromatic rings. The lowest BCUT2D eigenvalue weighted by atomic mass is 10.2. The molecule has 1 fully saturated rings. The number of hydrogen-bond donors (Lipinski definition) is 1. The Bertz CT molecular complexity index is 706. The van der Waals surface area contributed by atoms with Gasteiger partial charge in [-0.1, -0.05) is 12.1 Å². The third kappa shape index (κ3) is 6.36. The average molecular weight is 370 g/mol. The van der Waals surface area contributed by atoms with Crippen LogP contribution in [0.2, 0.25) is 0 Å². The van der Waals surface area contributed by atoms with Gasteiger partial charge in [0.2, 0.25) is 0 Å². The average Bonchev–Trinajstić information content (AvgIpc) is 2.68. The Balaban J connectivity index is 1.62. The van der Waals surface area contributed by atoms with Gasteiger partial charge in [-0.05, 0) is 36.4 Å². The van der Waals surface area contributed by atoms with E-state index in [0.717, 1.165) is 24.5 Å². The standard InChI is InChI=1S/C21H26N2O4/c24-21-4-2-1-3-18(21)17-22-19-5-7-20(8-6-19)23-9-11-25-13-15-27-16-14-26-12-10-23/h1-8,17,24H,9-16H2. The summed E-state index contributed by atoms with van der Waals surface area (Å²) in [6.45, 7) is 5.31. The second-order valence-electron chi connectivity index (χ2n) is 6.16. The van der Waals surface area contributed by atoms with Crippen molar-refractivity contribution in [2.75, 3.05) is 57.6 Å². The number of phenols is 1. The lowest BCUT2D eigenvalue weighted by Gasteiger charge is -2.25. The van der Waals surface area contributed by atoms with Crippen molar-refractivity contribution in [3.8, 4) is 5.75 Å². The van der Waals surface area contributed by atoms with Crippen molar-refractivity contribution in [2.45, 2.75) is 0 Å². The molecule has 27 heavy (non-hydrogen) atoms. The van der Waals surface area contributed by atoms with Gasteiger partial charge in [0.1, 0.15) is 5.75 Å². The van der Waals surface area contributed by atoms with Crippen LogP contribution >= 0.6 is 0 Å². The van der Waals surface area contributed by atoms with Gasteiger partial charge in [-0.15, -0.1) is 0 Å². The fraction of sp³-hybridized carbons (Fsp3) is 0.381. The maximum atomic E-state index is 9.80. The summed E-state index contributed by atoms with van der Waals surface area (Å²) in [5.74, 6) is 0.225. The predicted molar refractivity (Wildman–Crippen MR) is 106 cm³/mol. The maximum Gasteiger partial charge on any atom is 0.124 e. The summed E-state index contributed by atoms with van der Waals surface area (Å²) >= 11 is 0. The topological polar surface area (TPSA) is 63.5 Å². The monoisotopic (exact) mass is 370 g/mol. The van der Waals surface area contributed by atoms with Crippen molar-refractivity contribution in [2.24, 2.45) is 4.99 Å². The van der Waals surface area contributed by atoms with Crippen molar-refractivity contribution < 1.29 is 19.3 Å². The van der Waals surface area contributed by atoms with Crippen molar-refractivity contribution >= 4 is 17.6 Å². The van der Waals surface area contributed by atoms with Crippen LogP contribution in [0, 0.1) is 0 Å². The number of nitrogens with zero attached hydrogens (tertiary/aromatic N) is 2. The SMILES string of the molecule is Oc1ccccc1C=Nc1ccc(N2CCOCCOCCOCC2)cc1. The minimum absolute atomic E-state index is 0.225. The highest BCUT2D eigenvalue weighted by Crippen LogP contribution is 2.21. The molecule has 0 unspecified atom stereocenters. The minimum Gasteiger partial charge on any atom is -0.507 e. The van der Waals surface area contributed by atoms with E-state index in [1.807, 2.05) is 36.4 Å². The second-order valence-corrected chi connectivity index (χ2v) is 6.16. The van der Waals surface area contributed by atoms with Crippen LogP contribution in [0.5, 0.6) is 5.75 Å². The van der Waals surface area contributed by atoms with Crippen LogP contribution in [0.4, 0.5) is 11.4 Å². The quantitative estimate of drug-likeness (QED) is 0.842. The van der Waals surface area contributed by atoms with Crippen LogP contribution in [0.3, 0.4) is 0 Å². The Morgan fingerprint density at radius 3 is 2.00 bits per heavy atom. The summed E-state index contributed by atoms with van der Waals surface area (Å²) in [6, 6.07) is 15.2. The molecular formula is C21H26N2O4. The third-order valence-corrected chi connectivity index (χ3v) is 4.26. The van der Waals surface area contributed by atoms with Crippen molar-refractivity contribution in [1.29, 1.82) is 0 Å². The molecule has 0 saturated carbocycles. The van der Waals surface area contributed by atoms with Gasteiger partial charge in [0.15, 0.2) is 0 Å². The Labute approximate surface area is 160 Å². The minimum atomic E-state index is 0.225. The van der Waals surface area contributed by atoms with E-state index < -0.39 is 0 Å². The molecule has 0 amide bonds. The number of rotatable bonds is 3. The van der Waals surface area contributed by atoms with Gasteiger partial charge in [-0.3, -0.25) is 4.99 Å². The van der Waals surface area contributed by atoms with Gasteiger partial charge in [-0.25, -0.2) is 0 Å². The molecule has 0 atom stereocenters. The normalized spacial score (nSPS) is 17.4. The molecule has 144 valence electrons. The lowest BCUT2D eigenvalue weighted by molar-refractivity contribution is 0.0126. The van der Waals surface area contributed by atoms with E-state index in [1.54, 1.807) is 18.3 Å². The number of anilines is 1. The predicted octanol–water partition coefficient (Wildman–Crippen LogP) is 3.01. The largest absolute Gasteiger partial charge is 0.507 e. The van der Waals surface area contributed by atoms with Gasteiger partial charge in [0.25, 0.3) is 0 Å². The first-order valence-electron chi connectivity index (χ1n) is 9.23. The molecule has 2 aromatic carbocycles. The number of hydrogen-bond acceptors (Lipinski definition) is 6. The van der Waals surface area contributed by atoms with E-state index in [2.05, 4.69) is 9.89 Å². The lowest BCUT2D eigenvalue weighted by Crippen LogP contribution is -2.32. The van der Waals surface area contributed by atoms with Crippen LogP contribution in [0.15, 0.2) is 53.5 Å². The van der Waals surface area contributed by atoms with Crippen LogP contribution in [0.1, 0.15) is 5.56 Å². The molecule has 1 aliphatic heterocycles. The first kappa shape index (κ1) is 19.4. The zero-order chi connectivity index (χ0) is 18.7. The van der Waals surface area contributed by atoms with Crippen LogP contribution in [-0.2, 0) is 14.2 Å². The third-order valence-electron chi connectivity index (χ3n) is 4.26. The molecule has 0 aromatic heterocycles. The van der Waals surface area contributed by atoms with Gasteiger partial charge in [-0.2, -0.15) is 0 Å². The highest BCUT2D eigenvalue weighted by atomic mass is 16.5. The maximum absolute atomic E-state index is 9.80. The van der Waals surface area contributed by atoms with E-state index in [9.17, 15) is 5.11 Å². The number of benzene rings is 2. The zero-order valence-corrected chi connectivity index (χ0v) is 15.4. The van der Waals surface area contributed by atoms with Gasteiger partial charge >= 0.3 is 0 Å². The first-order chi connectivity index (χ1) is 13.3. The summed E-state index contributed by atoms with van der Waals surface area (Å²) < 4.78 is 16.7. The van der Waals surface area contributed by atoms with Crippen molar-refractivity contribution in [1.82, 2.24) is 0 Å². The van der Waals surface area contributed by atoms with Gasteiger partial charge in [0, 0.05) is 30.6 Å². The van der Waals surface area contributed by atoms with E-state index in [-0.39, 0.29) is 5.75 Å². The molecule has 1 heterocycles. The van der Waals surface area contributed by atoms with Crippen LogP contribution in [-0.4, -0.2) is 64.1 Å². The number of phenolic OH excluding ortho intramolecular Hbond substituents is 1. The molecular weight excluding hydrogens is 344 g/mol. The molecule has 1 N–H and O–H groups in total. The fourth-order valence-electron chi connectivity index (χ4n) is 2.75. The summed E-state index contributed by atoms with van der Waals surface area (Å²) in [7, 11) is 0. The molecule has 0 bridgehead atoms. The first-order valence-corrected chi connectivity index (χ1v) is 9.23. The van der Waals surface area contributed by atoms with E-state index in [1.165, 1.54) is 0 Å². The summed E-state index contributed by atoms with van der Waals surface area (Å²) in [4.78, 5) is 6.69. The number of aliphatic imine (C=N–C) groups is 1. The summed E-state index contributed by atoms with van der Waals surface area (Å²) in [5, 5.41) is 9.80. The molecule has 0 spiro atoms. The van der Waals surface area contributed by atoms with E-state index in [4.69, 9.17) is 14.2 Å². The number of ether oxygens (including phenoxy) is 3. The fourth-order valence-corrected chi connectivity index (χ4v) is 2.75. The Morgan fingerprint density at radius 1 is 0.778 bits per heavy atom. The molecule has 6 nitrogen and oxygen atoms in total. The van der Waals surface area contributed by atoms with Crippen LogP contribution < -0.4 is 4.90 Å².